The topological polar surface area (TPSA) is 67.6 Å². The number of hydrogen-bond acceptors (Lipinski definition) is 3. The lowest BCUT2D eigenvalue weighted by Gasteiger charge is -2.18. The summed E-state index contributed by atoms with van der Waals surface area (Å²) >= 11 is 0. The minimum absolute atomic E-state index is 0.387. The fourth-order valence-electron chi connectivity index (χ4n) is 3.03. The zero-order chi connectivity index (χ0) is 8.84. The molecule has 0 aliphatic heterocycles. The van der Waals surface area contributed by atoms with Crippen molar-refractivity contribution in [2.45, 2.75) is 31.6 Å². The molecule has 2 aliphatic rings. The molecule has 2 bridgehead atoms. The van der Waals surface area contributed by atoms with Crippen LogP contribution in [0.5, 0.6) is 0 Å². The molecule has 0 spiro atoms. The molecule has 0 aromatic carbocycles. The third-order valence-electron chi connectivity index (χ3n) is 3.61. The Hall–Kier alpha value is -1.06. The van der Waals surface area contributed by atoms with Gasteiger partial charge in [0.25, 0.3) is 0 Å². The van der Waals surface area contributed by atoms with E-state index in [-0.39, 0.29) is 0 Å². The molecule has 3 rings (SSSR count). The largest absolute Gasteiger partial charge is 0.367 e. The Bertz CT molecular complexity index is 319. The van der Waals surface area contributed by atoms with E-state index in [0.717, 1.165) is 17.7 Å². The Morgan fingerprint density at radius 3 is 2.77 bits per heavy atom. The number of nitrogens with one attached hydrogen (secondary N) is 1. The van der Waals surface area contributed by atoms with Crippen LogP contribution in [-0.2, 0) is 0 Å². The number of nitrogens with two attached hydrogens (primary N) is 1. The molecule has 13 heavy (non-hydrogen) atoms. The number of anilines is 1. The predicted octanol–water partition coefficient (Wildman–Crippen LogP) is 1.29. The average Bonchev–Trinajstić information content (AvgIpc) is 2.77. The smallest absolute Gasteiger partial charge is 0.239 e. The van der Waals surface area contributed by atoms with Gasteiger partial charge in [-0.1, -0.05) is 6.42 Å². The molecular weight excluding hydrogens is 164 g/mol. The quantitative estimate of drug-likeness (QED) is 0.681. The zero-order valence-electron chi connectivity index (χ0n) is 7.53. The molecule has 70 valence electrons. The number of aromatic nitrogens is 3. The van der Waals surface area contributed by atoms with Gasteiger partial charge in [-0.05, 0) is 31.1 Å². The van der Waals surface area contributed by atoms with Gasteiger partial charge in [0.15, 0.2) is 0 Å². The Labute approximate surface area is 76.9 Å². The fraction of sp³-hybridized carbons (Fsp3) is 0.778. The van der Waals surface area contributed by atoms with E-state index in [1.807, 2.05) is 0 Å². The molecular formula is C9H14N4. The average molecular weight is 178 g/mol. The highest BCUT2D eigenvalue weighted by Crippen LogP contribution is 2.51. The maximum Gasteiger partial charge on any atom is 0.239 e. The lowest BCUT2D eigenvalue weighted by molar-refractivity contribution is 0.406. The van der Waals surface area contributed by atoms with Crippen LogP contribution in [-0.4, -0.2) is 15.2 Å². The van der Waals surface area contributed by atoms with Crippen molar-refractivity contribution >= 4 is 5.95 Å². The number of fused-ring (bicyclic) bond motifs is 2. The van der Waals surface area contributed by atoms with Crippen LogP contribution < -0.4 is 5.73 Å². The van der Waals surface area contributed by atoms with Gasteiger partial charge in [-0.15, -0.1) is 5.10 Å². The predicted molar refractivity (Wildman–Crippen MR) is 49.0 cm³/mol. The molecule has 3 unspecified atom stereocenters. The molecule has 1 heterocycles. The van der Waals surface area contributed by atoms with Gasteiger partial charge in [-0.2, -0.15) is 4.98 Å². The van der Waals surface area contributed by atoms with Gasteiger partial charge in [0.1, 0.15) is 5.82 Å². The third kappa shape index (κ3) is 1.04. The van der Waals surface area contributed by atoms with Crippen molar-refractivity contribution in [1.29, 1.82) is 0 Å². The van der Waals surface area contributed by atoms with Crippen molar-refractivity contribution in [2.24, 2.45) is 11.8 Å². The number of hydrogen-bond donors (Lipinski definition) is 2. The number of rotatable bonds is 1. The van der Waals surface area contributed by atoms with E-state index >= 15 is 0 Å². The van der Waals surface area contributed by atoms with Crippen molar-refractivity contribution < 1.29 is 0 Å². The molecule has 3 N–H and O–H groups in total. The Morgan fingerprint density at radius 1 is 1.31 bits per heavy atom. The van der Waals surface area contributed by atoms with E-state index in [0.29, 0.717) is 11.9 Å². The summed E-state index contributed by atoms with van der Waals surface area (Å²) in [6.45, 7) is 0. The third-order valence-corrected chi connectivity index (χ3v) is 3.61. The SMILES string of the molecule is Nc1n[nH]c(C2CC3CCC2C3)n1. The van der Waals surface area contributed by atoms with Crippen molar-refractivity contribution in [2.75, 3.05) is 5.73 Å². The number of aromatic amines is 1. The first-order valence-electron chi connectivity index (χ1n) is 5.00. The summed E-state index contributed by atoms with van der Waals surface area (Å²) in [7, 11) is 0. The molecule has 4 nitrogen and oxygen atoms in total. The Balaban J connectivity index is 1.87. The fourth-order valence-corrected chi connectivity index (χ4v) is 3.03. The Kier molecular flexibility index (Phi) is 1.39. The number of nitrogens with zero attached hydrogens (tertiary/aromatic N) is 2. The second-order valence-corrected chi connectivity index (χ2v) is 4.36. The van der Waals surface area contributed by atoms with Gasteiger partial charge in [-0.3, -0.25) is 5.10 Å². The van der Waals surface area contributed by atoms with Crippen LogP contribution in [0.1, 0.15) is 37.4 Å². The number of H-pyrrole nitrogens is 1. The molecule has 2 fully saturated rings. The van der Waals surface area contributed by atoms with E-state index in [1.165, 1.54) is 25.7 Å². The molecule has 1 aromatic heterocycles. The van der Waals surface area contributed by atoms with Crippen LogP contribution in [0.25, 0.3) is 0 Å². The monoisotopic (exact) mass is 178 g/mol. The maximum atomic E-state index is 5.49. The minimum atomic E-state index is 0.387. The first-order chi connectivity index (χ1) is 6.33. The Morgan fingerprint density at radius 2 is 2.23 bits per heavy atom. The summed E-state index contributed by atoms with van der Waals surface area (Å²) in [6.07, 6.45) is 5.48. The van der Waals surface area contributed by atoms with Gasteiger partial charge in [0.2, 0.25) is 5.95 Å². The second-order valence-electron chi connectivity index (χ2n) is 4.36. The molecule has 0 radical (unpaired) electrons. The van der Waals surface area contributed by atoms with Crippen LogP contribution in [0.4, 0.5) is 5.95 Å². The lowest BCUT2D eigenvalue weighted by Crippen LogP contribution is -2.10. The zero-order valence-corrected chi connectivity index (χ0v) is 7.53. The highest BCUT2D eigenvalue weighted by molar-refractivity contribution is 5.17. The van der Waals surface area contributed by atoms with Gasteiger partial charge in [0, 0.05) is 5.92 Å². The first-order valence-corrected chi connectivity index (χ1v) is 5.00. The van der Waals surface area contributed by atoms with Crippen molar-refractivity contribution in [1.82, 2.24) is 15.2 Å². The van der Waals surface area contributed by atoms with Crippen LogP contribution in [0, 0.1) is 11.8 Å². The summed E-state index contributed by atoms with van der Waals surface area (Å²) in [5, 5.41) is 6.83. The number of nitrogen functional groups attached to an aromatic ring is 1. The van der Waals surface area contributed by atoms with Crippen LogP contribution in [0.3, 0.4) is 0 Å². The first kappa shape index (κ1) is 7.35. The van der Waals surface area contributed by atoms with Crippen LogP contribution in [0.2, 0.25) is 0 Å². The summed E-state index contributed by atoms with van der Waals surface area (Å²) in [6, 6.07) is 0. The lowest BCUT2D eigenvalue weighted by atomic mass is 9.88. The molecule has 1 aromatic rings. The summed E-state index contributed by atoms with van der Waals surface area (Å²) < 4.78 is 0. The van der Waals surface area contributed by atoms with Crippen LogP contribution in [0.15, 0.2) is 0 Å². The molecule has 0 amide bonds. The molecule has 0 saturated heterocycles. The summed E-state index contributed by atoms with van der Waals surface area (Å²) in [5.41, 5.74) is 5.49. The summed E-state index contributed by atoms with van der Waals surface area (Å²) in [4.78, 5) is 4.22. The minimum Gasteiger partial charge on any atom is -0.367 e. The van der Waals surface area contributed by atoms with Crippen molar-refractivity contribution in [3.63, 3.8) is 0 Å². The molecule has 4 heteroatoms. The van der Waals surface area contributed by atoms with Crippen LogP contribution >= 0.6 is 0 Å². The molecule has 2 aliphatic carbocycles. The van der Waals surface area contributed by atoms with Gasteiger partial charge in [0.05, 0.1) is 0 Å². The molecule has 2 saturated carbocycles. The van der Waals surface area contributed by atoms with E-state index in [2.05, 4.69) is 15.2 Å². The van der Waals surface area contributed by atoms with Gasteiger partial charge in [-0.25, -0.2) is 0 Å². The van der Waals surface area contributed by atoms with E-state index in [4.69, 9.17) is 5.73 Å². The van der Waals surface area contributed by atoms with E-state index < -0.39 is 0 Å². The second kappa shape index (κ2) is 2.47. The normalized spacial score (nSPS) is 37.1. The highest BCUT2D eigenvalue weighted by Gasteiger charge is 2.41. The van der Waals surface area contributed by atoms with Gasteiger partial charge >= 0.3 is 0 Å². The maximum absolute atomic E-state index is 5.49. The highest BCUT2D eigenvalue weighted by atomic mass is 15.3. The van der Waals surface area contributed by atoms with Gasteiger partial charge < -0.3 is 5.73 Å². The molecule has 3 atom stereocenters. The van der Waals surface area contributed by atoms with Crippen molar-refractivity contribution in [3.8, 4) is 0 Å². The van der Waals surface area contributed by atoms with E-state index in [9.17, 15) is 0 Å². The standard InChI is InChI=1S/C9H14N4/c10-9-11-8(12-13-9)7-4-5-1-2-6(7)3-5/h5-7H,1-4H2,(H3,10,11,12,13). The van der Waals surface area contributed by atoms with Crippen molar-refractivity contribution in [3.05, 3.63) is 5.82 Å². The summed E-state index contributed by atoms with van der Waals surface area (Å²) in [5.74, 6) is 3.81. The van der Waals surface area contributed by atoms with E-state index in [1.54, 1.807) is 0 Å².